The average molecular weight is 329 g/mol. The summed E-state index contributed by atoms with van der Waals surface area (Å²) in [5.74, 6) is 0.909. The molecule has 2 N–H and O–H groups in total. The standard InChI is InChI=1S/C11H20N2O2.C5H12.C3H8/c1-8(2)10(14)7-13-6-4-3-5-9(12)11(13)15;1-4-5(2)3;1-3-2/h8-9H,3-7,12H2,1-2H3;5H,4H2,1-3H3;3H2,1-2H3. The van der Waals surface area contributed by atoms with E-state index in [-0.39, 0.29) is 24.2 Å². The van der Waals surface area contributed by atoms with Gasteiger partial charge in [-0.1, -0.05) is 61.3 Å². The van der Waals surface area contributed by atoms with Gasteiger partial charge in [0.05, 0.1) is 12.6 Å². The Balaban J connectivity index is 0. The van der Waals surface area contributed by atoms with Crippen LogP contribution in [0.15, 0.2) is 0 Å². The molecule has 1 fully saturated rings. The highest BCUT2D eigenvalue weighted by molar-refractivity contribution is 5.89. The van der Waals surface area contributed by atoms with Crippen LogP contribution in [0.5, 0.6) is 0 Å². The van der Waals surface area contributed by atoms with Crippen molar-refractivity contribution in [2.75, 3.05) is 13.1 Å². The Morgan fingerprint density at radius 2 is 1.65 bits per heavy atom. The molecule has 4 heteroatoms. The van der Waals surface area contributed by atoms with Crippen LogP contribution in [0.2, 0.25) is 0 Å². The van der Waals surface area contributed by atoms with Crippen molar-refractivity contribution in [1.29, 1.82) is 0 Å². The molecule has 0 aromatic carbocycles. The van der Waals surface area contributed by atoms with Gasteiger partial charge in [-0.2, -0.15) is 0 Å². The molecule has 1 heterocycles. The molecule has 1 amide bonds. The summed E-state index contributed by atoms with van der Waals surface area (Å²) >= 11 is 0. The Morgan fingerprint density at radius 1 is 1.17 bits per heavy atom. The van der Waals surface area contributed by atoms with E-state index in [1.165, 1.54) is 12.8 Å². The van der Waals surface area contributed by atoms with Crippen LogP contribution >= 0.6 is 0 Å². The number of hydrogen-bond donors (Lipinski definition) is 1. The normalized spacial score (nSPS) is 17.9. The molecule has 0 spiro atoms. The van der Waals surface area contributed by atoms with E-state index in [1.807, 2.05) is 13.8 Å². The van der Waals surface area contributed by atoms with E-state index in [2.05, 4.69) is 34.6 Å². The molecule has 1 unspecified atom stereocenters. The predicted molar refractivity (Wildman–Crippen MR) is 99.3 cm³/mol. The second-order valence-electron chi connectivity index (χ2n) is 6.99. The Labute approximate surface area is 144 Å². The zero-order valence-electron chi connectivity index (χ0n) is 16.5. The molecule has 138 valence electrons. The number of carbonyl (C=O) groups excluding carboxylic acids is 2. The van der Waals surface area contributed by atoms with Gasteiger partial charge in [-0.05, 0) is 25.2 Å². The highest BCUT2D eigenvalue weighted by atomic mass is 16.2. The predicted octanol–water partition coefficient (Wildman–Crippen LogP) is 4.02. The molecule has 0 radical (unpaired) electrons. The maximum Gasteiger partial charge on any atom is 0.239 e. The lowest BCUT2D eigenvalue weighted by atomic mass is 10.1. The van der Waals surface area contributed by atoms with Crippen LogP contribution in [-0.4, -0.2) is 35.7 Å². The van der Waals surface area contributed by atoms with Gasteiger partial charge in [-0.15, -0.1) is 0 Å². The van der Waals surface area contributed by atoms with Crippen LogP contribution < -0.4 is 5.73 Å². The van der Waals surface area contributed by atoms with Crippen LogP contribution in [-0.2, 0) is 9.59 Å². The first-order valence-corrected chi connectivity index (χ1v) is 9.28. The number of ketones is 1. The van der Waals surface area contributed by atoms with Gasteiger partial charge in [0.15, 0.2) is 5.78 Å². The van der Waals surface area contributed by atoms with Crippen LogP contribution in [0.3, 0.4) is 0 Å². The van der Waals surface area contributed by atoms with Crippen molar-refractivity contribution in [2.24, 2.45) is 17.6 Å². The molecule has 0 bridgehead atoms. The minimum absolute atomic E-state index is 0.0164. The van der Waals surface area contributed by atoms with Crippen molar-refractivity contribution in [3.05, 3.63) is 0 Å². The first-order chi connectivity index (χ1) is 10.7. The lowest BCUT2D eigenvalue weighted by molar-refractivity contribution is -0.136. The van der Waals surface area contributed by atoms with E-state index in [0.717, 1.165) is 25.2 Å². The van der Waals surface area contributed by atoms with Crippen molar-refractivity contribution < 1.29 is 9.59 Å². The largest absolute Gasteiger partial charge is 0.334 e. The number of nitrogens with two attached hydrogens (primary N) is 1. The topological polar surface area (TPSA) is 63.4 Å². The molecule has 1 aliphatic heterocycles. The maximum absolute atomic E-state index is 11.8. The minimum Gasteiger partial charge on any atom is -0.334 e. The van der Waals surface area contributed by atoms with Gasteiger partial charge in [0.2, 0.25) is 5.91 Å². The minimum atomic E-state index is -0.410. The van der Waals surface area contributed by atoms with Crippen LogP contribution in [0.1, 0.15) is 80.6 Å². The summed E-state index contributed by atoms with van der Waals surface area (Å²) in [4.78, 5) is 24.9. The summed E-state index contributed by atoms with van der Waals surface area (Å²) in [6.07, 6.45) is 5.22. The molecule has 0 aromatic heterocycles. The molecule has 0 saturated carbocycles. The van der Waals surface area contributed by atoms with E-state index < -0.39 is 6.04 Å². The highest BCUT2D eigenvalue weighted by Gasteiger charge is 2.25. The number of carbonyl (C=O) groups is 2. The fraction of sp³-hybridized carbons (Fsp3) is 0.895. The van der Waals surface area contributed by atoms with Crippen molar-refractivity contribution in [3.63, 3.8) is 0 Å². The second-order valence-corrected chi connectivity index (χ2v) is 6.99. The van der Waals surface area contributed by atoms with Gasteiger partial charge >= 0.3 is 0 Å². The lowest BCUT2D eigenvalue weighted by Gasteiger charge is -2.22. The molecule has 0 aromatic rings. The highest BCUT2D eigenvalue weighted by Crippen LogP contribution is 2.11. The fourth-order valence-corrected chi connectivity index (χ4v) is 1.66. The summed E-state index contributed by atoms with van der Waals surface area (Å²) in [7, 11) is 0. The van der Waals surface area contributed by atoms with E-state index in [1.54, 1.807) is 4.90 Å². The monoisotopic (exact) mass is 328 g/mol. The van der Waals surface area contributed by atoms with Crippen LogP contribution in [0.4, 0.5) is 0 Å². The number of likely N-dealkylation sites (tertiary alicyclic amines) is 1. The summed E-state index contributed by atoms with van der Waals surface area (Å²) in [6, 6.07) is -0.410. The SMILES string of the molecule is CC(C)C(=O)CN1CCCCC(N)C1=O.CCC.CCC(C)C. The third kappa shape index (κ3) is 13.3. The molecule has 1 aliphatic rings. The first kappa shape index (κ1) is 24.4. The molecule has 1 atom stereocenters. The van der Waals surface area contributed by atoms with Gasteiger partial charge < -0.3 is 10.6 Å². The van der Waals surface area contributed by atoms with Crippen molar-refractivity contribution in [1.82, 2.24) is 4.90 Å². The van der Waals surface area contributed by atoms with Gasteiger partial charge in [-0.25, -0.2) is 0 Å². The molecule has 1 saturated heterocycles. The third-order valence-corrected chi connectivity index (χ3v) is 3.63. The Morgan fingerprint density at radius 3 is 2.04 bits per heavy atom. The number of nitrogens with zero attached hydrogens (tertiary/aromatic N) is 1. The summed E-state index contributed by atoms with van der Waals surface area (Å²) in [6.45, 7) is 15.5. The zero-order valence-corrected chi connectivity index (χ0v) is 16.5. The Hall–Kier alpha value is -0.900. The quantitative estimate of drug-likeness (QED) is 0.847. The Bertz CT molecular complexity index is 314. The first-order valence-electron chi connectivity index (χ1n) is 9.28. The van der Waals surface area contributed by atoms with Gasteiger partial charge in [0.1, 0.15) is 0 Å². The Kier molecular flexibility index (Phi) is 15.5. The smallest absolute Gasteiger partial charge is 0.239 e. The van der Waals surface area contributed by atoms with Crippen LogP contribution in [0, 0.1) is 11.8 Å². The molecular weight excluding hydrogens is 288 g/mol. The van der Waals surface area contributed by atoms with Gasteiger partial charge in [-0.3, -0.25) is 9.59 Å². The number of hydrogen-bond acceptors (Lipinski definition) is 3. The molecule has 1 rings (SSSR count). The lowest BCUT2D eigenvalue weighted by Crippen LogP contribution is -2.45. The second kappa shape index (κ2) is 14.7. The van der Waals surface area contributed by atoms with Crippen molar-refractivity contribution in [3.8, 4) is 0 Å². The summed E-state index contributed by atoms with van der Waals surface area (Å²) in [5.41, 5.74) is 5.72. The van der Waals surface area contributed by atoms with Crippen molar-refractivity contribution >= 4 is 11.7 Å². The molecule has 4 nitrogen and oxygen atoms in total. The van der Waals surface area contributed by atoms with E-state index in [4.69, 9.17) is 5.73 Å². The third-order valence-electron chi connectivity index (χ3n) is 3.63. The van der Waals surface area contributed by atoms with E-state index in [0.29, 0.717) is 6.54 Å². The number of amides is 1. The van der Waals surface area contributed by atoms with Crippen molar-refractivity contribution in [2.45, 2.75) is 86.6 Å². The maximum atomic E-state index is 11.8. The number of rotatable bonds is 4. The average Bonchev–Trinajstić information content (AvgIpc) is 2.64. The molecule has 23 heavy (non-hydrogen) atoms. The van der Waals surface area contributed by atoms with E-state index in [9.17, 15) is 9.59 Å². The summed E-state index contributed by atoms with van der Waals surface area (Å²) < 4.78 is 0. The zero-order chi connectivity index (χ0) is 18.4. The summed E-state index contributed by atoms with van der Waals surface area (Å²) in [5, 5.41) is 0. The van der Waals surface area contributed by atoms with Gasteiger partial charge in [0.25, 0.3) is 0 Å². The van der Waals surface area contributed by atoms with Crippen LogP contribution in [0.25, 0.3) is 0 Å². The molecular formula is C19H40N2O2. The van der Waals surface area contributed by atoms with Gasteiger partial charge in [0, 0.05) is 12.5 Å². The fourth-order valence-electron chi connectivity index (χ4n) is 1.66. The van der Waals surface area contributed by atoms with E-state index >= 15 is 0 Å². The number of Topliss-reactive ketones (excluding diaryl/α,β-unsaturated/α-hetero) is 1. The molecule has 0 aliphatic carbocycles.